The van der Waals surface area contributed by atoms with Gasteiger partial charge in [0.1, 0.15) is 12.4 Å². The van der Waals surface area contributed by atoms with Crippen LogP contribution >= 0.6 is 0 Å². The van der Waals surface area contributed by atoms with Gasteiger partial charge < -0.3 is 14.2 Å². The van der Waals surface area contributed by atoms with Gasteiger partial charge in [-0.2, -0.15) is 0 Å². The molecule has 0 N–H and O–H groups in total. The Bertz CT molecular complexity index is 740. The lowest BCUT2D eigenvalue weighted by molar-refractivity contribution is -0.145. The molecule has 2 rings (SSSR count). The van der Waals surface area contributed by atoms with Crippen LogP contribution in [0.4, 0.5) is 0 Å². The lowest BCUT2D eigenvalue weighted by Crippen LogP contribution is -2.16. The maximum absolute atomic E-state index is 12.4. The lowest BCUT2D eigenvalue weighted by atomic mass is 9.93. The van der Waals surface area contributed by atoms with Gasteiger partial charge in [-0.25, -0.2) is 0 Å². The number of unbranched alkanes of at least 4 members (excludes halogenated alkanes) is 1. The summed E-state index contributed by atoms with van der Waals surface area (Å²) in [5.74, 6) is -0.0236. The van der Waals surface area contributed by atoms with Crippen LogP contribution in [0.3, 0.4) is 0 Å². The highest BCUT2D eigenvalue weighted by Crippen LogP contribution is 2.26. The van der Waals surface area contributed by atoms with Crippen LogP contribution in [0.15, 0.2) is 54.6 Å². The largest absolute Gasteiger partial charge is 0.489 e. The van der Waals surface area contributed by atoms with E-state index in [1.54, 1.807) is 13.8 Å². The van der Waals surface area contributed by atoms with E-state index in [-0.39, 0.29) is 17.9 Å². The van der Waals surface area contributed by atoms with Crippen LogP contribution in [0.5, 0.6) is 5.75 Å². The summed E-state index contributed by atoms with van der Waals surface area (Å²) in [5, 5.41) is 0. The Hall–Kier alpha value is -2.82. The van der Waals surface area contributed by atoms with Crippen molar-refractivity contribution in [3.05, 3.63) is 65.7 Å². The van der Waals surface area contributed by atoms with Gasteiger partial charge in [0.25, 0.3) is 0 Å². The van der Waals surface area contributed by atoms with Gasteiger partial charge in [-0.1, -0.05) is 48.9 Å². The molecule has 0 amide bonds. The first-order valence-electron chi connectivity index (χ1n) is 10.2. The van der Waals surface area contributed by atoms with E-state index in [0.29, 0.717) is 39.1 Å². The van der Waals surface area contributed by atoms with E-state index in [9.17, 15) is 9.59 Å². The summed E-state index contributed by atoms with van der Waals surface area (Å²) in [6.45, 7) is 4.83. The molecule has 1 atom stereocenters. The zero-order chi connectivity index (χ0) is 20.9. The van der Waals surface area contributed by atoms with E-state index in [2.05, 4.69) is 0 Å². The quantitative estimate of drug-likeness (QED) is 0.370. The van der Waals surface area contributed by atoms with Crippen molar-refractivity contribution in [2.75, 3.05) is 13.2 Å². The van der Waals surface area contributed by atoms with Crippen LogP contribution < -0.4 is 4.74 Å². The molecule has 0 aliphatic rings. The molecule has 0 aromatic heterocycles. The number of benzene rings is 2. The van der Waals surface area contributed by atoms with Crippen molar-refractivity contribution in [2.45, 2.75) is 52.1 Å². The molecule has 0 saturated carbocycles. The standard InChI is InChI=1S/C24H30O5/c1-3-27-23(25)13-9-8-12-22(24(26)28-4-2)20-14-16-21(17-15-20)29-18-19-10-6-5-7-11-19/h5-7,10-11,14-17,22H,3-4,8-9,12-13,18H2,1-2H3. The van der Waals surface area contributed by atoms with Crippen molar-refractivity contribution in [2.24, 2.45) is 0 Å². The van der Waals surface area contributed by atoms with Gasteiger partial charge in [0.15, 0.2) is 0 Å². The van der Waals surface area contributed by atoms with E-state index in [1.165, 1.54) is 0 Å². The molecule has 0 heterocycles. The molecular weight excluding hydrogens is 368 g/mol. The average molecular weight is 398 g/mol. The number of ether oxygens (including phenoxy) is 3. The Morgan fingerprint density at radius 3 is 2.21 bits per heavy atom. The molecule has 0 radical (unpaired) electrons. The minimum absolute atomic E-state index is 0.194. The highest BCUT2D eigenvalue weighted by Gasteiger charge is 2.22. The fraction of sp³-hybridized carbons (Fsp3) is 0.417. The second-order valence-electron chi connectivity index (χ2n) is 6.70. The molecule has 5 heteroatoms. The predicted octanol–water partition coefficient (Wildman–Crippen LogP) is 5.04. The van der Waals surface area contributed by atoms with Gasteiger partial charge in [0, 0.05) is 6.42 Å². The first-order chi connectivity index (χ1) is 14.1. The fourth-order valence-corrected chi connectivity index (χ4v) is 3.05. The Morgan fingerprint density at radius 2 is 1.55 bits per heavy atom. The van der Waals surface area contributed by atoms with E-state index in [4.69, 9.17) is 14.2 Å². The van der Waals surface area contributed by atoms with Crippen molar-refractivity contribution in [3.8, 4) is 5.75 Å². The zero-order valence-corrected chi connectivity index (χ0v) is 17.3. The molecule has 0 spiro atoms. The molecule has 0 aliphatic carbocycles. The van der Waals surface area contributed by atoms with E-state index < -0.39 is 0 Å². The van der Waals surface area contributed by atoms with Crippen LogP contribution in [-0.2, 0) is 25.7 Å². The van der Waals surface area contributed by atoms with Crippen LogP contribution in [0.2, 0.25) is 0 Å². The molecule has 2 aromatic rings. The Labute approximate surface area is 173 Å². The van der Waals surface area contributed by atoms with Crippen molar-refractivity contribution < 1.29 is 23.8 Å². The second kappa shape index (κ2) is 12.6. The average Bonchev–Trinajstić information content (AvgIpc) is 2.74. The van der Waals surface area contributed by atoms with Gasteiger partial charge >= 0.3 is 11.9 Å². The summed E-state index contributed by atoms with van der Waals surface area (Å²) >= 11 is 0. The normalized spacial score (nSPS) is 11.5. The summed E-state index contributed by atoms with van der Waals surface area (Å²) in [6, 6.07) is 17.5. The molecule has 156 valence electrons. The van der Waals surface area contributed by atoms with E-state index >= 15 is 0 Å². The number of esters is 2. The summed E-state index contributed by atoms with van der Waals surface area (Å²) < 4.78 is 16.0. The van der Waals surface area contributed by atoms with Gasteiger partial charge in [-0.3, -0.25) is 9.59 Å². The Kier molecular flexibility index (Phi) is 9.76. The molecule has 5 nitrogen and oxygen atoms in total. The van der Waals surface area contributed by atoms with Gasteiger partial charge in [0.05, 0.1) is 19.1 Å². The smallest absolute Gasteiger partial charge is 0.313 e. The van der Waals surface area contributed by atoms with Crippen LogP contribution in [0.25, 0.3) is 0 Å². The van der Waals surface area contributed by atoms with Crippen LogP contribution in [0.1, 0.15) is 56.6 Å². The first-order valence-corrected chi connectivity index (χ1v) is 10.2. The SMILES string of the molecule is CCOC(=O)CCCCC(C(=O)OCC)c1ccc(OCc2ccccc2)cc1. The molecule has 1 unspecified atom stereocenters. The third-order valence-corrected chi connectivity index (χ3v) is 4.53. The first kappa shape index (κ1) is 22.5. The summed E-state index contributed by atoms with van der Waals surface area (Å²) in [4.78, 5) is 23.9. The topological polar surface area (TPSA) is 61.8 Å². The maximum Gasteiger partial charge on any atom is 0.313 e. The zero-order valence-electron chi connectivity index (χ0n) is 17.3. The molecular formula is C24H30O5. The van der Waals surface area contributed by atoms with E-state index in [0.717, 1.165) is 23.3 Å². The molecule has 0 bridgehead atoms. The Balaban J connectivity index is 1.93. The third-order valence-electron chi connectivity index (χ3n) is 4.53. The minimum Gasteiger partial charge on any atom is -0.489 e. The lowest BCUT2D eigenvalue weighted by Gasteiger charge is -2.16. The number of hydrogen-bond donors (Lipinski definition) is 0. The van der Waals surface area contributed by atoms with Gasteiger partial charge in [-0.05, 0) is 49.9 Å². The van der Waals surface area contributed by atoms with Crippen molar-refractivity contribution in [1.29, 1.82) is 0 Å². The van der Waals surface area contributed by atoms with Crippen molar-refractivity contribution >= 4 is 11.9 Å². The summed E-state index contributed by atoms with van der Waals surface area (Å²) in [6.07, 6.45) is 2.43. The molecule has 0 saturated heterocycles. The highest BCUT2D eigenvalue weighted by atomic mass is 16.5. The number of carbonyl (C=O) groups excluding carboxylic acids is 2. The van der Waals surface area contributed by atoms with Gasteiger partial charge in [-0.15, -0.1) is 0 Å². The molecule has 29 heavy (non-hydrogen) atoms. The van der Waals surface area contributed by atoms with Crippen molar-refractivity contribution in [3.63, 3.8) is 0 Å². The maximum atomic E-state index is 12.4. The highest BCUT2D eigenvalue weighted by molar-refractivity contribution is 5.78. The number of hydrogen-bond acceptors (Lipinski definition) is 5. The fourth-order valence-electron chi connectivity index (χ4n) is 3.05. The molecule has 0 aliphatic heterocycles. The Morgan fingerprint density at radius 1 is 0.862 bits per heavy atom. The predicted molar refractivity (Wildman–Crippen MR) is 112 cm³/mol. The molecule has 2 aromatic carbocycles. The number of rotatable bonds is 12. The van der Waals surface area contributed by atoms with Crippen LogP contribution in [-0.4, -0.2) is 25.2 Å². The minimum atomic E-state index is -0.347. The molecule has 0 fully saturated rings. The van der Waals surface area contributed by atoms with Crippen molar-refractivity contribution in [1.82, 2.24) is 0 Å². The monoisotopic (exact) mass is 398 g/mol. The third kappa shape index (κ3) is 7.98. The second-order valence-corrected chi connectivity index (χ2v) is 6.70. The summed E-state index contributed by atoms with van der Waals surface area (Å²) in [7, 11) is 0. The van der Waals surface area contributed by atoms with Crippen LogP contribution in [0, 0.1) is 0 Å². The number of carbonyl (C=O) groups is 2. The van der Waals surface area contributed by atoms with Gasteiger partial charge in [0.2, 0.25) is 0 Å². The summed E-state index contributed by atoms with van der Waals surface area (Å²) in [5.41, 5.74) is 1.99. The van der Waals surface area contributed by atoms with E-state index in [1.807, 2.05) is 54.6 Å².